The van der Waals surface area contributed by atoms with Crippen molar-refractivity contribution < 1.29 is 9.90 Å². The van der Waals surface area contributed by atoms with Crippen LogP contribution >= 0.6 is 11.6 Å². The van der Waals surface area contributed by atoms with Crippen LogP contribution < -0.4 is 5.69 Å². The summed E-state index contributed by atoms with van der Waals surface area (Å²) in [5, 5.41) is 9.97. The van der Waals surface area contributed by atoms with E-state index < -0.39 is 5.97 Å². The van der Waals surface area contributed by atoms with Gasteiger partial charge in [0.1, 0.15) is 5.15 Å². The topological polar surface area (TPSA) is 64.2 Å². The molecule has 0 saturated heterocycles. The predicted octanol–water partition coefficient (Wildman–Crippen LogP) is 5.89. The minimum Gasteiger partial charge on any atom is -0.478 e. The van der Waals surface area contributed by atoms with Gasteiger partial charge in [-0.3, -0.25) is 9.13 Å². The fourth-order valence-electron chi connectivity index (χ4n) is 3.75. The van der Waals surface area contributed by atoms with Gasteiger partial charge in [-0.1, -0.05) is 67.9 Å². The highest BCUT2D eigenvalue weighted by Crippen LogP contribution is 2.26. The molecular formula is C25H29ClN2O3. The Hall–Kier alpha value is -2.79. The number of aromatic carboxylic acids is 1. The number of imidazole rings is 1. The third kappa shape index (κ3) is 4.93. The van der Waals surface area contributed by atoms with Gasteiger partial charge in [-0.05, 0) is 55.4 Å². The second-order valence-corrected chi connectivity index (χ2v) is 8.91. The van der Waals surface area contributed by atoms with E-state index in [4.69, 9.17) is 11.6 Å². The summed E-state index contributed by atoms with van der Waals surface area (Å²) in [7, 11) is 0. The highest BCUT2D eigenvalue weighted by Gasteiger charge is 2.20. The van der Waals surface area contributed by atoms with E-state index in [1.54, 1.807) is 27.3 Å². The number of carbonyl (C=O) groups is 1. The SMILES string of the molecule is CC(C)CCc1c(Cl)n(C(C)C)c(=O)n1Cc1ccc(-c2ccccc2C(=O)O)cc1. The lowest BCUT2D eigenvalue weighted by atomic mass is 9.98. The van der Waals surface area contributed by atoms with Crippen molar-refractivity contribution >= 4 is 17.6 Å². The molecule has 3 rings (SSSR count). The first kappa shape index (κ1) is 22.9. The lowest BCUT2D eigenvalue weighted by molar-refractivity contribution is 0.0697. The van der Waals surface area contributed by atoms with Gasteiger partial charge >= 0.3 is 11.7 Å². The van der Waals surface area contributed by atoms with Gasteiger partial charge in [-0.25, -0.2) is 9.59 Å². The van der Waals surface area contributed by atoms with Gasteiger partial charge < -0.3 is 5.11 Å². The Labute approximate surface area is 187 Å². The first-order valence-electron chi connectivity index (χ1n) is 10.6. The second-order valence-electron chi connectivity index (χ2n) is 8.55. The van der Waals surface area contributed by atoms with E-state index in [9.17, 15) is 14.7 Å². The van der Waals surface area contributed by atoms with E-state index in [0.29, 0.717) is 23.2 Å². The van der Waals surface area contributed by atoms with Crippen LogP contribution in [0.15, 0.2) is 53.3 Å². The summed E-state index contributed by atoms with van der Waals surface area (Å²) in [5.41, 5.74) is 3.50. The first-order valence-corrected chi connectivity index (χ1v) is 11.0. The smallest absolute Gasteiger partial charge is 0.336 e. The standard InChI is InChI=1S/C25H29ClN2O3/c1-16(2)9-14-22-23(26)28(17(3)4)25(31)27(22)15-18-10-12-19(13-11-18)20-7-5-6-8-21(20)24(29)30/h5-8,10-13,16-17H,9,14-15H2,1-4H3,(H,29,30). The molecule has 164 valence electrons. The van der Waals surface area contributed by atoms with Gasteiger partial charge in [0.2, 0.25) is 0 Å². The molecule has 0 atom stereocenters. The molecule has 6 heteroatoms. The van der Waals surface area contributed by atoms with E-state index >= 15 is 0 Å². The number of hydrogen-bond acceptors (Lipinski definition) is 2. The van der Waals surface area contributed by atoms with Crippen LogP contribution in [0.5, 0.6) is 0 Å². The maximum absolute atomic E-state index is 13.1. The zero-order chi connectivity index (χ0) is 22.7. The van der Waals surface area contributed by atoms with E-state index in [2.05, 4.69) is 13.8 Å². The number of carboxylic acid groups (broad SMARTS) is 1. The molecule has 0 amide bonds. The second kappa shape index (κ2) is 9.56. The summed E-state index contributed by atoms with van der Waals surface area (Å²) >= 11 is 6.62. The van der Waals surface area contributed by atoms with Crippen molar-refractivity contribution in [3.05, 3.63) is 81.0 Å². The van der Waals surface area contributed by atoms with Crippen LogP contribution in [0.3, 0.4) is 0 Å². The van der Waals surface area contributed by atoms with Crippen molar-refractivity contribution in [1.82, 2.24) is 9.13 Å². The molecular weight excluding hydrogens is 412 g/mol. The Morgan fingerprint density at radius 1 is 1.03 bits per heavy atom. The quantitative estimate of drug-likeness (QED) is 0.475. The predicted molar refractivity (Wildman–Crippen MR) is 125 cm³/mol. The number of rotatable bonds is 8. The summed E-state index contributed by atoms with van der Waals surface area (Å²) < 4.78 is 3.42. The van der Waals surface area contributed by atoms with Gasteiger partial charge in [0.05, 0.1) is 17.8 Å². The molecule has 0 aliphatic heterocycles. The molecule has 0 fully saturated rings. The molecule has 0 unspecified atom stereocenters. The molecule has 31 heavy (non-hydrogen) atoms. The molecule has 0 radical (unpaired) electrons. The molecule has 1 N–H and O–H groups in total. The molecule has 5 nitrogen and oxygen atoms in total. The third-order valence-corrected chi connectivity index (χ3v) is 5.85. The Morgan fingerprint density at radius 2 is 1.68 bits per heavy atom. The number of benzene rings is 2. The summed E-state index contributed by atoms with van der Waals surface area (Å²) in [6.45, 7) is 8.65. The summed E-state index contributed by atoms with van der Waals surface area (Å²) in [5.74, 6) is -0.443. The molecule has 0 saturated carbocycles. The monoisotopic (exact) mass is 440 g/mol. The third-order valence-electron chi connectivity index (χ3n) is 5.45. The van der Waals surface area contributed by atoms with Crippen molar-refractivity contribution in [2.75, 3.05) is 0 Å². The van der Waals surface area contributed by atoms with Gasteiger partial charge in [-0.15, -0.1) is 0 Å². The van der Waals surface area contributed by atoms with Crippen molar-refractivity contribution in [3.63, 3.8) is 0 Å². The minimum atomic E-state index is -0.953. The number of hydrogen-bond donors (Lipinski definition) is 1. The summed E-state index contributed by atoms with van der Waals surface area (Å²) in [6.07, 6.45) is 1.70. The molecule has 3 aromatic rings. The fraction of sp³-hybridized carbons (Fsp3) is 0.360. The van der Waals surface area contributed by atoms with Gasteiger partial charge in [-0.2, -0.15) is 0 Å². The van der Waals surface area contributed by atoms with Crippen LogP contribution in [0.2, 0.25) is 5.15 Å². The zero-order valence-electron chi connectivity index (χ0n) is 18.4. The molecule has 0 aliphatic carbocycles. The highest BCUT2D eigenvalue weighted by atomic mass is 35.5. The molecule has 0 aliphatic rings. The Balaban J connectivity index is 1.95. The Morgan fingerprint density at radius 3 is 2.26 bits per heavy atom. The van der Waals surface area contributed by atoms with Crippen LogP contribution in [0.25, 0.3) is 11.1 Å². The lowest BCUT2D eigenvalue weighted by Gasteiger charge is -2.11. The van der Waals surface area contributed by atoms with Crippen molar-refractivity contribution in [3.8, 4) is 11.1 Å². The number of halogens is 1. The van der Waals surface area contributed by atoms with Crippen molar-refractivity contribution in [2.24, 2.45) is 5.92 Å². The Bertz CT molecular complexity index is 1120. The first-order chi connectivity index (χ1) is 14.7. The zero-order valence-corrected chi connectivity index (χ0v) is 19.2. The van der Waals surface area contributed by atoms with E-state index in [0.717, 1.165) is 29.7 Å². The molecule has 0 bridgehead atoms. The summed E-state index contributed by atoms with van der Waals surface area (Å²) in [6, 6.07) is 14.6. The molecule has 1 aromatic heterocycles. The number of carboxylic acids is 1. The molecule has 2 aromatic carbocycles. The largest absolute Gasteiger partial charge is 0.478 e. The summed E-state index contributed by atoms with van der Waals surface area (Å²) in [4.78, 5) is 24.6. The van der Waals surface area contributed by atoms with Crippen LogP contribution in [0.4, 0.5) is 0 Å². The van der Waals surface area contributed by atoms with Crippen LogP contribution in [-0.4, -0.2) is 20.2 Å². The van der Waals surface area contributed by atoms with E-state index in [-0.39, 0.29) is 17.3 Å². The van der Waals surface area contributed by atoms with Crippen molar-refractivity contribution in [1.29, 1.82) is 0 Å². The van der Waals surface area contributed by atoms with E-state index in [1.165, 1.54) is 0 Å². The maximum atomic E-state index is 13.1. The number of aromatic nitrogens is 2. The van der Waals surface area contributed by atoms with Crippen LogP contribution in [0.1, 0.15) is 61.8 Å². The number of nitrogens with zero attached hydrogens (tertiary/aromatic N) is 2. The van der Waals surface area contributed by atoms with Gasteiger partial charge in [0.15, 0.2) is 0 Å². The van der Waals surface area contributed by atoms with Gasteiger partial charge in [0, 0.05) is 6.04 Å². The highest BCUT2D eigenvalue weighted by molar-refractivity contribution is 6.30. The molecule has 1 heterocycles. The van der Waals surface area contributed by atoms with Gasteiger partial charge in [0.25, 0.3) is 0 Å². The fourth-order valence-corrected chi connectivity index (χ4v) is 4.21. The average molecular weight is 441 g/mol. The minimum absolute atomic E-state index is 0.0195. The van der Waals surface area contributed by atoms with Crippen LogP contribution in [0, 0.1) is 5.92 Å². The maximum Gasteiger partial charge on any atom is 0.336 e. The van der Waals surface area contributed by atoms with E-state index in [1.807, 2.05) is 44.2 Å². The van der Waals surface area contributed by atoms with Crippen molar-refractivity contribution in [2.45, 2.75) is 53.1 Å². The Kier molecular flexibility index (Phi) is 7.06. The average Bonchev–Trinajstić information content (AvgIpc) is 2.96. The molecule has 0 spiro atoms. The van der Waals surface area contributed by atoms with Crippen LogP contribution in [-0.2, 0) is 13.0 Å². The normalized spacial score (nSPS) is 11.5. The lowest BCUT2D eigenvalue weighted by Crippen LogP contribution is -2.26.